The van der Waals surface area contributed by atoms with Crippen LogP contribution in [0.25, 0.3) is 0 Å². The van der Waals surface area contributed by atoms with E-state index >= 15 is 4.39 Å². The Bertz CT molecular complexity index is 441. The third-order valence-corrected chi connectivity index (χ3v) is 6.18. The van der Waals surface area contributed by atoms with Crippen LogP contribution in [0.15, 0.2) is 30.3 Å². The fourth-order valence-corrected chi connectivity index (χ4v) is 4.57. The Morgan fingerprint density at radius 3 is 2.64 bits per heavy atom. The predicted molar refractivity (Wildman–Crippen MR) is 86.7 cm³/mol. The number of ether oxygens (including phenoxy) is 1. The first-order valence-electron chi connectivity index (χ1n) is 7.76. The molecule has 0 saturated carbocycles. The molecule has 22 heavy (non-hydrogen) atoms. The van der Waals surface area contributed by atoms with Crippen LogP contribution >= 0.6 is 0 Å². The molecule has 124 valence electrons. The first-order valence-corrected chi connectivity index (χ1v) is 9.83. The molecule has 5 heteroatoms. The first-order chi connectivity index (χ1) is 10.5. The molecule has 0 saturated heterocycles. The zero-order chi connectivity index (χ0) is 16.4. The molecular formula is C17H25FO3Se. The summed E-state index contributed by atoms with van der Waals surface area (Å²) in [6, 6.07) is 9.58. The quantitative estimate of drug-likeness (QED) is 0.388. The number of aryl methyl sites for hydroxylation is 1. The molecule has 0 aromatic heterocycles. The van der Waals surface area contributed by atoms with Crippen molar-refractivity contribution in [1.29, 1.82) is 0 Å². The Morgan fingerprint density at radius 1 is 1.36 bits per heavy atom. The molecule has 0 heterocycles. The molecule has 0 bridgehead atoms. The van der Waals surface area contributed by atoms with Crippen molar-refractivity contribution in [1.82, 2.24) is 0 Å². The second-order valence-electron chi connectivity index (χ2n) is 5.11. The number of unbranched alkanes of at least 4 members (excludes halogenated alkanes) is 1. The van der Waals surface area contributed by atoms with E-state index in [-0.39, 0.29) is 13.0 Å². The van der Waals surface area contributed by atoms with Crippen LogP contribution in [0.4, 0.5) is 4.39 Å². The van der Waals surface area contributed by atoms with Gasteiger partial charge in [-0.05, 0) is 0 Å². The number of hydrogen-bond acceptors (Lipinski definition) is 3. The van der Waals surface area contributed by atoms with E-state index in [9.17, 15) is 9.90 Å². The van der Waals surface area contributed by atoms with Crippen LogP contribution in [-0.4, -0.2) is 43.3 Å². The van der Waals surface area contributed by atoms with Gasteiger partial charge in [-0.3, -0.25) is 0 Å². The number of carbonyl (C=O) groups excluding carboxylic acids is 1. The molecule has 0 unspecified atom stereocenters. The van der Waals surface area contributed by atoms with Crippen LogP contribution in [0.1, 0.15) is 38.7 Å². The molecule has 0 aliphatic rings. The van der Waals surface area contributed by atoms with Gasteiger partial charge in [-0.1, -0.05) is 0 Å². The zero-order valence-corrected chi connectivity index (χ0v) is 15.0. The van der Waals surface area contributed by atoms with Gasteiger partial charge in [0, 0.05) is 0 Å². The number of carbonyl (C=O) groups is 1. The van der Waals surface area contributed by atoms with Crippen molar-refractivity contribution in [3.63, 3.8) is 0 Å². The van der Waals surface area contributed by atoms with E-state index in [2.05, 4.69) is 0 Å². The second-order valence-corrected chi connectivity index (χ2v) is 7.82. The molecule has 2 atom stereocenters. The van der Waals surface area contributed by atoms with E-state index in [0.29, 0.717) is 11.7 Å². The Labute approximate surface area is 138 Å². The van der Waals surface area contributed by atoms with E-state index < -0.39 is 31.6 Å². The summed E-state index contributed by atoms with van der Waals surface area (Å²) in [6.45, 7) is 3.79. The normalized spacial score (nSPS) is 15.1. The standard InChI is InChI=1S/C17H25FO3Se/c1-3-5-13-22-17(18,16(20)21-4-2)15(19)12-11-14-9-7-6-8-10-14/h6-10,15,19H,3-5,11-13H2,1-2H3/t15-,17+/m0/s1. The van der Waals surface area contributed by atoms with Crippen molar-refractivity contribution >= 4 is 20.9 Å². The van der Waals surface area contributed by atoms with Crippen molar-refractivity contribution < 1.29 is 19.0 Å². The van der Waals surface area contributed by atoms with Crippen molar-refractivity contribution in [2.75, 3.05) is 6.61 Å². The monoisotopic (exact) mass is 376 g/mol. The summed E-state index contributed by atoms with van der Waals surface area (Å²) >= 11 is -0.620. The number of esters is 1. The third-order valence-electron chi connectivity index (χ3n) is 3.34. The predicted octanol–water partition coefficient (Wildman–Crippen LogP) is 3.13. The second kappa shape index (κ2) is 9.98. The van der Waals surface area contributed by atoms with Crippen LogP contribution < -0.4 is 0 Å². The van der Waals surface area contributed by atoms with Gasteiger partial charge in [0.05, 0.1) is 0 Å². The molecule has 1 rings (SSSR count). The minimum absolute atomic E-state index is 0.125. The number of halogens is 1. The Hall–Kier alpha value is -0.901. The summed E-state index contributed by atoms with van der Waals surface area (Å²) in [6.07, 6.45) is 1.24. The van der Waals surface area contributed by atoms with Crippen LogP contribution in [0.3, 0.4) is 0 Å². The molecule has 0 aliphatic carbocycles. The van der Waals surface area contributed by atoms with Gasteiger partial charge in [0.1, 0.15) is 0 Å². The minimum atomic E-state index is -2.24. The number of aliphatic hydroxyl groups is 1. The van der Waals surface area contributed by atoms with Crippen LogP contribution in [0, 0.1) is 0 Å². The van der Waals surface area contributed by atoms with Crippen LogP contribution in [-0.2, 0) is 16.0 Å². The Morgan fingerprint density at radius 2 is 2.05 bits per heavy atom. The molecule has 1 aromatic carbocycles. The molecule has 3 nitrogen and oxygen atoms in total. The summed E-state index contributed by atoms with van der Waals surface area (Å²) in [5, 5.41) is 10.9. The fourth-order valence-electron chi connectivity index (χ4n) is 2.02. The van der Waals surface area contributed by atoms with Crippen LogP contribution in [0.5, 0.6) is 0 Å². The molecule has 0 fully saturated rings. The summed E-state index contributed by atoms with van der Waals surface area (Å²) in [5.74, 6) is -0.910. The molecule has 0 radical (unpaired) electrons. The van der Waals surface area contributed by atoms with Gasteiger partial charge in [0.2, 0.25) is 0 Å². The third kappa shape index (κ3) is 5.71. The molecule has 0 amide bonds. The maximum absolute atomic E-state index is 15.1. The summed E-state index contributed by atoms with van der Waals surface area (Å²) in [7, 11) is 0. The number of aliphatic hydroxyl groups excluding tert-OH is 1. The van der Waals surface area contributed by atoms with Gasteiger partial charge < -0.3 is 0 Å². The SMILES string of the molecule is CCCC[Se][C@@](F)(C(=O)OCC)[C@@H](O)CCc1ccccc1. The maximum atomic E-state index is 15.1. The molecule has 1 N–H and O–H groups in total. The fraction of sp³-hybridized carbons (Fsp3) is 0.588. The van der Waals surface area contributed by atoms with Crippen molar-refractivity contribution in [2.45, 2.75) is 55.5 Å². The van der Waals surface area contributed by atoms with E-state index in [1.54, 1.807) is 6.92 Å². The molecule has 0 spiro atoms. The van der Waals surface area contributed by atoms with Crippen molar-refractivity contribution in [3.8, 4) is 0 Å². The van der Waals surface area contributed by atoms with Gasteiger partial charge in [-0.2, -0.15) is 0 Å². The van der Waals surface area contributed by atoms with E-state index in [4.69, 9.17) is 4.74 Å². The topological polar surface area (TPSA) is 46.5 Å². The van der Waals surface area contributed by atoms with Crippen molar-refractivity contribution in [2.24, 2.45) is 0 Å². The summed E-state index contributed by atoms with van der Waals surface area (Å²) in [4.78, 5) is 12.0. The average Bonchev–Trinajstić information content (AvgIpc) is 2.53. The molecule has 0 aliphatic heterocycles. The summed E-state index contributed by atoms with van der Waals surface area (Å²) in [5.41, 5.74) is 1.02. The van der Waals surface area contributed by atoms with Gasteiger partial charge in [0.25, 0.3) is 0 Å². The Balaban J connectivity index is 2.69. The van der Waals surface area contributed by atoms with E-state index in [1.165, 1.54) is 0 Å². The van der Waals surface area contributed by atoms with Crippen molar-refractivity contribution in [3.05, 3.63) is 35.9 Å². The zero-order valence-electron chi connectivity index (χ0n) is 13.3. The van der Waals surface area contributed by atoms with Gasteiger partial charge in [-0.25, -0.2) is 0 Å². The van der Waals surface area contributed by atoms with Gasteiger partial charge >= 0.3 is 138 Å². The van der Waals surface area contributed by atoms with Crippen LogP contribution in [0.2, 0.25) is 5.32 Å². The van der Waals surface area contributed by atoms with Gasteiger partial charge in [-0.15, -0.1) is 0 Å². The number of alkyl halides is 1. The average molecular weight is 375 g/mol. The first kappa shape index (κ1) is 19.1. The van der Waals surface area contributed by atoms with E-state index in [1.807, 2.05) is 37.3 Å². The molecular weight excluding hydrogens is 350 g/mol. The Kier molecular flexibility index (Phi) is 8.69. The summed E-state index contributed by atoms with van der Waals surface area (Å²) < 4.78 is 17.7. The number of hydrogen-bond donors (Lipinski definition) is 1. The number of benzene rings is 1. The number of rotatable bonds is 10. The van der Waals surface area contributed by atoms with Gasteiger partial charge in [0.15, 0.2) is 0 Å². The molecule has 1 aromatic rings. The van der Waals surface area contributed by atoms with E-state index in [0.717, 1.165) is 18.4 Å².